The van der Waals surface area contributed by atoms with E-state index in [4.69, 9.17) is 11.5 Å². The smallest absolute Gasteiger partial charge is 0.326 e. The maximum atomic E-state index is 12.7. The summed E-state index contributed by atoms with van der Waals surface area (Å²) in [5, 5.41) is 17.1. The molecule has 0 radical (unpaired) electrons. The van der Waals surface area contributed by atoms with Crippen molar-refractivity contribution in [3.63, 3.8) is 0 Å². The van der Waals surface area contributed by atoms with Crippen molar-refractivity contribution in [1.82, 2.24) is 16.0 Å². The van der Waals surface area contributed by atoms with Gasteiger partial charge in [0, 0.05) is 0 Å². The molecular formula is C18H35N5O5S2. The molecule has 0 rings (SSSR count). The van der Waals surface area contributed by atoms with E-state index in [9.17, 15) is 24.3 Å². The number of carbonyl (C=O) groups is 4. The van der Waals surface area contributed by atoms with Crippen molar-refractivity contribution >= 4 is 47.2 Å². The summed E-state index contributed by atoms with van der Waals surface area (Å²) in [6.07, 6.45) is 5.93. The molecule has 0 aromatic carbocycles. The van der Waals surface area contributed by atoms with Gasteiger partial charge in [0.1, 0.15) is 18.1 Å². The van der Waals surface area contributed by atoms with Crippen molar-refractivity contribution < 1.29 is 24.3 Å². The Kier molecular flexibility index (Phi) is 16.3. The van der Waals surface area contributed by atoms with Gasteiger partial charge in [-0.05, 0) is 62.7 Å². The van der Waals surface area contributed by atoms with Gasteiger partial charge in [0.05, 0.1) is 6.54 Å². The number of carboxylic acids is 1. The second kappa shape index (κ2) is 17.2. The van der Waals surface area contributed by atoms with Crippen LogP contribution in [0, 0.1) is 0 Å². The van der Waals surface area contributed by atoms with Gasteiger partial charge in [-0.1, -0.05) is 0 Å². The molecule has 0 aliphatic heterocycles. The van der Waals surface area contributed by atoms with Crippen LogP contribution in [-0.2, 0) is 19.2 Å². The van der Waals surface area contributed by atoms with Crippen LogP contribution in [-0.4, -0.2) is 84.0 Å². The molecule has 30 heavy (non-hydrogen) atoms. The monoisotopic (exact) mass is 465 g/mol. The quantitative estimate of drug-likeness (QED) is 0.149. The van der Waals surface area contributed by atoms with Crippen molar-refractivity contribution in [3.8, 4) is 0 Å². The van der Waals surface area contributed by atoms with Crippen LogP contribution in [0.5, 0.6) is 0 Å². The zero-order chi connectivity index (χ0) is 22.9. The maximum absolute atomic E-state index is 12.7. The predicted octanol–water partition coefficient (Wildman–Crippen LogP) is -0.881. The van der Waals surface area contributed by atoms with E-state index in [0.717, 1.165) is 0 Å². The van der Waals surface area contributed by atoms with Crippen molar-refractivity contribution in [3.05, 3.63) is 0 Å². The van der Waals surface area contributed by atoms with Gasteiger partial charge in [-0.3, -0.25) is 14.4 Å². The molecule has 0 saturated heterocycles. The molecule has 174 valence electrons. The van der Waals surface area contributed by atoms with Gasteiger partial charge in [-0.15, -0.1) is 0 Å². The Morgan fingerprint density at radius 1 is 0.800 bits per heavy atom. The average molecular weight is 466 g/mol. The molecule has 10 nitrogen and oxygen atoms in total. The highest BCUT2D eigenvalue weighted by Gasteiger charge is 2.29. The molecule has 12 heteroatoms. The number of nitrogens with one attached hydrogen (secondary N) is 3. The summed E-state index contributed by atoms with van der Waals surface area (Å²) < 4.78 is 0. The van der Waals surface area contributed by atoms with Gasteiger partial charge in [-0.2, -0.15) is 23.5 Å². The summed E-state index contributed by atoms with van der Waals surface area (Å²) in [6, 6.07) is -2.78. The molecular weight excluding hydrogens is 430 g/mol. The fourth-order valence-corrected chi connectivity index (χ4v) is 3.50. The van der Waals surface area contributed by atoms with Crippen LogP contribution in [0.1, 0.15) is 32.1 Å². The summed E-state index contributed by atoms with van der Waals surface area (Å²) in [7, 11) is 0. The zero-order valence-electron chi connectivity index (χ0n) is 17.6. The molecule has 0 aromatic heterocycles. The number of aliphatic carboxylic acids is 1. The number of thioether (sulfide) groups is 2. The average Bonchev–Trinajstić information content (AvgIpc) is 2.72. The van der Waals surface area contributed by atoms with Gasteiger partial charge < -0.3 is 32.5 Å². The lowest BCUT2D eigenvalue weighted by Gasteiger charge is -2.24. The van der Waals surface area contributed by atoms with E-state index in [2.05, 4.69) is 16.0 Å². The Morgan fingerprint density at radius 3 is 1.73 bits per heavy atom. The SMILES string of the molecule is CSCCC(NC(=O)CN)C(=O)NC(CCSC)C(=O)NC(CCCCN)C(=O)O. The third-order valence-corrected chi connectivity index (χ3v) is 5.54. The third-order valence-electron chi connectivity index (χ3n) is 4.25. The molecule has 0 aromatic rings. The minimum absolute atomic E-state index is 0.247. The van der Waals surface area contributed by atoms with E-state index in [1.165, 1.54) is 23.5 Å². The topological polar surface area (TPSA) is 177 Å². The van der Waals surface area contributed by atoms with Crippen molar-refractivity contribution in [2.24, 2.45) is 11.5 Å². The van der Waals surface area contributed by atoms with Crippen LogP contribution in [0.4, 0.5) is 0 Å². The highest BCUT2D eigenvalue weighted by atomic mass is 32.2. The van der Waals surface area contributed by atoms with Gasteiger partial charge in [0.15, 0.2) is 0 Å². The summed E-state index contributed by atoms with van der Waals surface area (Å²) in [4.78, 5) is 48.5. The van der Waals surface area contributed by atoms with Gasteiger partial charge >= 0.3 is 5.97 Å². The van der Waals surface area contributed by atoms with Crippen LogP contribution in [0.15, 0.2) is 0 Å². The molecule has 0 heterocycles. The predicted molar refractivity (Wildman–Crippen MR) is 121 cm³/mol. The fraction of sp³-hybridized carbons (Fsp3) is 0.778. The molecule has 0 saturated carbocycles. The first-order chi connectivity index (χ1) is 14.3. The van der Waals surface area contributed by atoms with E-state index >= 15 is 0 Å². The fourth-order valence-electron chi connectivity index (χ4n) is 2.56. The summed E-state index contributed by atoms with van der Waals surface area (Å²) >= 11 is 3.02. The summed E-state index contributed by atoms with van der Waals surface area (Å²) in [5.41, 5.74) is 10.8. The van der Waals surface area contributed by atoms with Crippen LogP contribution in [0.2, 0.25) is 0 Å². The van der Waals surface area contributed by atoms with Gasteiger partial charge in [0.25, 0.3) is 0 Å². The van der Waals surface area contributed by atoms with E-state index < -0.39 is 41.8 Å². The normalized spacial score (nSPS) is 13.7. The number of hydrogen-bond acceptors (Lipinski definition) is 8. The summed E-state index contributed by atoms with van der Waals surface area (Å²) in [5.74, 6) is -1.44. The number of unbranched alkanes of at least 4 members (excludes halogenated alkanes) is 1. The number of rotatable bonds is 17. The first kappa shape index (κ1) is 28.5. The molecule has 0 bridgehead atoms. The lowest BCUT2D eigenvalue weighted by atomic mass is 10.1. The standard InChI is InChI=1S/C18H35N5O5S2/c1-29-9-6-12(21-15(24)11-20)16(25)22-13(7-10-30-2)17(26)23-14(18(27)28)5-3-4-8-19/h12-14H,3-11,19-20H2,1-2H3,(H,21,24)(H,22,25)(H,23,26)(H,27,28). The molecule has 0 fully saturated rings. The minimum Gasteiger partial charge on any atom is -0.480 e. The van der Waals surface area contributed by atoms with E-state index in [1.54, 1.807) is 0 Å². The largest absolute Gasteiger partial charge is 0.480 e. The second-order valence-corrected chi connectivity index (χ2v) is 8.60. The summed E-state index contributed by atoms with van der Waals surface area (Å²) in [6.45, 7) is 0.196. The molecule has 0 aliphatic rings. The Hall–Kier alpha value is -1.50. The van der Waals surface area contributed by atoms with Crippen LogP contribution < -0.4 is 27.4 Å². The highest BCUT2D eigenvalue weighted by Crippen LogP contribution is 2.07. The maximum Gasteiger partial charge on any atom is 0.326 e. The Labute approximate surface area is 186 Å². The highest BCUT2D eigenvalue weighted by molar-refractivity contribution is 7.98. The Bertz CT molecular complexity index is 553. The molecule has 0 spiro atoms. The number of hydrogen-bond donors (Lipinski definition) is 6. The molecule has 8 N–H and O–H groups in total. The van der Waals surface area contributed by atoms with Crippen LogP contribution >= 0.6 is 23.5 Å². The Balaban J connectivity index is 5.18. The second-order valence-electron chi connectivity index (χ2n) is 6.63. The van der Waals surface area contributed by atoms with Crippen LogP contribution in [0.25, 0.3) is 0 Å². The van der Waals surface area contributed by atoms with Crippen molar-refractivity contribution in [1.29, 1.82) is 0 Å². The first-order valence-electron chi connectivity index (χ1n) is 9.81. The first-order valence-corrected chi connectivity index (χ1v) is 12.6. The number of nitrogens with two attached hydrogens (primary N) is 2. The van der Waals surface area contributed by atoms with Crippen molar-refractivity contribution in [2.45, 2.75) is 50.2 Å². The van der Waals surface area contributed by atoms with Gasteiger partial charge in [0.2, 0.25) is 17.7 Å². The van der Waals surface area contributed by atoms with E-state index in [0.29, 0.717) is 43.7 Å². The zero-order valence-corrected chi connectivity index (χ0v) is 19.3. The molecule has 3 atom stereocenters. The number of amides is 3. The minimum atomic E-state index is -1.14. The number of carboxylic acid groups (broad SMARTS) is 1. The van der Waals surface area contributed by atoms with E-state index in [1.807, 2.05) is 12.5 Å². The lowest BCUT2D eigenvalue weighted by Crippen LogP contribution is -2.56. The van der Waals surface area contributed by atoms with Gasteiger partial charge in [-0.25, -0.2) is 4.79 Å². The lowest BCUT2D eigenvalue weighted by molar-refractivity contribution is -0.142. The third kappa shape index (κ3) is 12.3. The van der Waals surface area contributed by atoms with Crippen molar-refractivity contribution in [2.75, 3.05) is 37.1 Å². The van der Waals surface area contributed by atoms with E-state index in [-0.39, 0.29) is 13.0 Å². The molecule has 3 unspecified atom stereocenters. The number of carbonyl (C=O) groups excluding carboxylic acids is 3. The molecule has 0 aliphatic carbocycles. The van der Waals surface area contributed by atoms with Crippen LogP contribution in [0.3, 0.4) is 0 Å². The molecule has 3 amide bonds. The Morgan fingerprint density at radius 2 is 1.30 bits per heavy atom.